The van der Waals surface area contributed by atoms with Crippen LogP contribution in [0.1, 0.15) is 37.0 Å². The van der Waals surface area contributed by atoms with Gasteiger partial charge in [0, 0.05) is 43.3 Å². The summed E-state index contributed by atoms with van der Waals surface area (Å²) in [5.74, 6) is -0.906. The number of rotatable bonds is 12. The van der Waals surface area contributed by atoms with E-state index in [4.69, 9.17) is 17.0 Å². The largest absolute Gasteiger partial charge is 0.462 e. The molecule has 0 saturated carbocycles. The molecule has 4 rings (SSSR count). The summed E-state index contributed by atoms with van der Waals surface area (Å²) in [5, 5.41) is 3.30. The standard InChI is InChI=1S/C30H39N5O4S2/c1-4-32-16-18-33(19-17-32)14-7-15-34-26(28(37)35(30(34)40)24-8-6-9-25(20-24)41-3)21-27(36)31-23-12-10-22(11-13-23)29(38)39-5-2/h6,8-13,20,26H,4-5,7,14-19,21H2,1-3H3,(H,31,36)/t26-/m1/s1. The molecule has 2 amide bonds. The lowest BCUT2D eigenvalue weighted by Gasteiger charge is -2.34. The van der Waals surface area contributed by atoms with E-state index in [0.29, 0.717) is 35.2 Å². The van der Waals surface area contributed by atoms with Crippen LogP contribution in [0.2, 0.25) is 0 Å². The van der Waals surface area contributed by atoms with Gasteiger partial charge in [-0.25, -0.2) is 4.79 Å². The highest BCUT2D eigenvalue weighted by molar-refractivity contribution is 7.98. The minimum absolute atomic E-state index is 0.0352. The molecule has 0 aliphatic carbocycles. The normalized spacial score (nSPS) is 18.2. The molecule has 0 unspecified atom stereocenters. The molecule has 9 nitrogen and oxygen atoms in total. The number of amides is 2. The van der Waals surface area contributed by atoms with E-state index in [-0.39, 0.29) is 18.2 Å². The third kappa shape index (κ3) is 7.85. The van der Waals surface area contributed by atoms with Crippen LogP contribution in [0.25, 0.3) is 0 Å². The molecular formula is C30H39N5O4S2. The number of benzene rings is 2. The van der Waals surface area contributed by atoms with Gasteiger partial charge >= 0.3 is 5.97 Å². The number of carbonyl (C=O) groups is 3. The van der Waals surface area contributed by atoms with E-state index in [2.05, 4.69) is 22.0 Å². The Labute approximate surface area is 252 Å². The first kappa shape index (κ1) is 31.0. The fourth-order valence-corrected chi connectivity index (χ4v) is 6.03. The van der Waals surface area contributed by atoms with Gasteiger partial charge in [-0.3, -0.25) is 14.5 Å². The van der Waals surface area contributed by atoms with E-state index in [1.165, 1.54) is 0 Å². The Hall–Kier alpha value is -2.99. The first-order chi connectivity index (χ1) is 19.8. The van der Waals surface area contributed by atoms with Gasteiger partial charge in [-0.2, -0.15) is 0 Å². The lowest BCUT2D eigenvalue weighted by Crippen LogP contribution is -2.47. The molecule has 2 aromatic carbocycles. The highest BCUT2D eigenvalue weighted by Gasteiger charge is 2.44. The minimum Gasteiger partial charge on any atom is -0.462 e. The number of likely N-dealkylation sites (N-methyl/N-ethyl adjacent to an activating group) is 1. The van der Waals surface area contributed by atoms with Crippen LogP contribution in [-0.4, -0.2) is 102 Å². The van der Waals surface area contributed by atoms with Crippen LogP contribution >= 0.6 is 24.0 Å². The van der Waals surface area contributed by atoms with E-state index < -0.39 is 12.0 Å². The van der Waals surface area contributed by atoms with Crippen LogP contribution in [0.4, 0.5) is 11.4 Å². The molecule has 2 aliphatic heterocycles. The summed E-state index contributed by atoms with van der Waals surface area (Å²) in [6, 6.07) is 13.6. The molecule has 2 fully saturated rings. The maximum atomic E-state index is 13.8. The van der Waals surface area contributed by atoms with Crippen molar-refractivity contribution in [1.82, 2.24) is 14.7 Å². The Balaban J connectivity index is 1.45. The first-order valence-corrected chi connectivity index (χ1v) is 15.8. The quantitative estimate of drug-likeness (QED) is 0.222. The summed E-state index contributed by atoms with van der Waals surface area (Å²) in [7, 11) is 0. The molecular weight excluding hydrogens is 558 g/mol. The smallest absolute Gasteiger partial charge is 0.338 e. The second-order valence-corrected chi connectivity index (χ2v) is 11.3. The fraction of sp³-hybridized carbons (Fsp3) is 0.467. The van der Waals surface area contributed by atoms with Crippen LogP contribution in [0.5, 0.6) is 0 Å². The topological polar surface area (TPSA) is 85.4 Å². The van der Waals surface area contributed by atoms with Gasteiger partial charge in [-0.1, -0.05) is 13.0 Å². The molecule has 2 aromatic rings. The molecule has 0 aromatic heterocycles. The Morgan fingerprint density at radius 3 is 2.39 bits per heavy atom. The number of thiocarbonyl (C=S) groups is 1. The number of anilines is 2. The van der Waals surface area contributed by atoms with Gasteiger partial charge in [0.25, 0.3) is 5.91 Å². The van der Waals surface area contributed by atoms with Crippen molar-refractivity contribution >= 4 is 58.3 Å². The zero-order chi connectivity index (χ0) is 29.4. The van der Waals surface area contributed by atoms with Crippen LogP contribution in [0.15, 0.2) is 53.4 Å². The average molecular weight is 598 g/mol. The van der Waals surface area contributed by atoms with E-state index in [1.54, 1.807) is 47.9 Å². The molecule has 2 heterocycles. The maximum absolute atomic E-state index is 13.8. The second kappa shape index (κ2) is 14.8. The van der Waals surface area contributed by atoms with Gasteiger partial charge < -0.3 is 24.8 Å². The van der Waals surface area contributed by atoms with Crippen molar-refractivity contribution in [3.05, 3.63) is 54.1 Å². The van der Waals surface area contributed by atoms with Gasteiger partial charge in [-0.15, -0.1) is 11.8 Å². The van der Waals surface area contributed by atoms with E-state index in [1.807, 2.05) is 35.4 Å². The lowest BCUT2D eigenvalue weighted by molar-refractivity contribution is -0.124. The van der Waals surface area contributed by atoms with Crippen molar-refractivity contribution < 1.29 is 19.1 Å². The Morgan fingerprint density at radius 2 is 1.73 bits per heavy atom. The molecule has 0 bridgehead atoms. The first-order valence-electron chi connectivity index (χ1n) is 14.1. The van der Waals surface area contributed by atoms with Crippen LogP contribution in [0, 0.1) is 0 Å². The molecule has 11 heteroatoms. The molecule has 1 atom stereocenters. The summed E-state index contributed by atoms with van der Waals surface area (Å²) >= 11 is 7.45. The van der Waals surface area contributed by atoms with Gasteiger partial charge in [0.1, 0.15) is 6.04 Å². The minimum atomic E-state index is -0.698. The Kier molecular flexibility index (Phi) is 11.1. The number of ether oxygens (including phenoxy) is 1. The predicted octanol–water partition coefficient (Wildman–Crippen LogP) is 3.94. The number of hydrogen-bond acceptors (Lipinski definition) is 8. The number of carbonyl (C=O) groups excluding carboxylic acids is 3. The van der Waals surface area contributed by atoms with Crippen molar-refractivity contribution in [3.63, 3.8) is 0 Å². The Morgan fingerprint density at radius 1 is 1.02 bits per heavy atom. The molecule has 2 aliphatic rings. The predicted molar refractivity (Wildman–Crippen MR) is 168 cm³/mol. The summed E-state index contributed by atoms with van der Waals surface area (Å²) in [6.07, 6.45) is 2.79. The molecule has 2 saturated heterocycles. The SMILES string of the molecule is CCOC(=O)c1ccc(NC(=O)C[C@@H]2C(=O)N(c3cccc(SC)c3)C(=S)N2CCCN2CCN(CC)CC2)cc1. The fourth-order valence-electron chi connectivity index (χ4n) is 5.16. The number of nitrogens with zero attached hydrogens (tertiary/aromatic N) is 4. The zero-order valence-corrected chi connectivity index (χ0v) is 25.6. The summed E-state index contributed by atoms with van der Waals surface area (Å²) in [4.78, 5) is 48.3. The maximum Gasteiger partial charge on any atom is 0.338 e. The summed E-state index contributed by atoms with van der Waals surface area (Å²) in [5.41, 5.74) is 1.66. The summed E-state index contributed by atoms with van der Waals surface area (Å²) < 4.78 is 5.02. The summed E-state index contributed by atoms with van der Waals surface area (Å²) in [6.45, 7) is 11.0. The van der Waals surface area contributed by atoms with E-state index >= 15 is 0 Å². The molecule has 0 spiro atoms. The molecule has 41 heavy (non-hydrogen) atoms. The monoisotopic (exact) mass is 597 g/mol. The molecule has 0 radical (unpaired) electrons. The number of piperazine rings is 1. The number of hydrogen-bond donors (Lipinski definition) is 1. The average Bonchev–Trinajstić information content (AvgIpc) is 3.21. The van der Waals surface area contributed by atoms with Crippen LogP contribution < -0.4 is 10.2 Å². The van der Waals surface area contributed by atoms with Crippen LogP contribution in [0.3, 0.4) is 0 Å². The van der Waals surface area contributed by atoms with Crippen molar-refractivity contribution in [2.75, 3.05) is 68.9 Å². The van der Waals surface area contributed by atoms with Gasteiger partial charge in [-0.05, 0) is 87.4 Å². The van der Waals surface area contributed by atoms with Crippen LogP contribution in [-0.2, 0) is 14.3 Å². The van der Waals surface area contributed by atoms with Crippen molar-refractivity contribution in [3.8, 4) is 0 Å². The number of thioether (sulfide) groups is 1. The lowest BCUT2D eigenvalue weighted by atomic mass is 10.1. The van der Waals surface area contributed by atoms with E-state index in [9.17, 15) is 14.4 Å². The number of esters is 1. The van der Waals surface area contributed by atoms with Crippen molar-refractivity contribution in [2.24, 2.45) is 0 Å². The Bertz CT molecular complexity index is 1230. The number of nitrogens with one attached hydrogen (secondary N) is 1. The van der Waals surface area contributed by atoms with Gasteiger partial charge in [0.2, 0.25) is 5.91 Å². The third-order valence-electron chi connectivity index (χ3n) is 7.47. The van der Waals surface area contributed by atoms with Crippen molar-refractivity contribution in [2.45, 2.75) is 37.6 Å². The van der Waals surface area contributed by atoms with E-state index in [0.717, 1.165) is 50.6 Å². The third-order valence-corrected chi connectivity index (χ3v) is 8.62. The highest BCUT2D eigenvalue weighted by Crippen LogP contribution is 2.30. The molecule has 1 N–H and O–H groups in total. The van der Waals surface area contributed by atoms with Gasteiger partial charge in [0.05, 0.1) is 24.3 Å². The van der Waals surface area contributed by atoms with Gasteiger partial charge in [0.15, 0.2) is 5.11 Å². The zero-order valence-electron chi connectivity index (χ0n) is 24.0. The van der Waals surface area contributed by atoms with Crippen molar-refractivity contribution in [1.29, 1.82) is 0 Å². The molecule has 220 valence electrons. The second-order valence-electron chi connectivity index (χ2n) is 10.0. The highest BCUT2D eigenvalue weighted by atomic mass is 32.2.